The van der Waals surface area contributed by atoms with Gasteiger partial charge >= 0.3 is 2.85 Å². The maximum Gasteiger partial charge on any atom is 1.00 e. The molecule has 23 aliphatic carbocycles. The van der Waals surface area contributed by atoms with E-state index >= 15 is 0 Å². The van der Waals surface area contributed by atoms with Crippen LogP contribution in [0.15, 0.2) is 71.9 Å². The van der Waals surface area contributed by atoms with Crippen LogP contribution in [0.3, 0.4) is 0 Å². The highest BCUT2D eigenvalue weighted by Gasteiger charge is 2.64. The smallest absolute Gasteiger partial charge is 0.0998 e. The van der Waals surface area contributed by atoms with Crippen molar-refractivity contribution < 1.29 is 2.85 Å². The Morgan fingerprint density at radius 2 is 0.990 bits per heavy atom. The number of rotatable bonds is 2. The van der Waals surface area contributed by atoms with Crippen molar-refractivity contribution in [2.24, 2.45) is 155 Å². The maximum atomic E-state index is 4.19. The van der Waals surface area contributed by atoms with E-state index in [1.807, 2.05) is 0 Å². The molecule has 0 spiro atoms. The minimum Gasteiger partial charge on any atom is -0.0998 e. The lowest BCUT2D eigenvalue weighted by Gasteiger charge is -2.57. The first-order chi connectivity index (χ1) is 46.3. The van der Waals surface area contributed by atoms with E-state index in [2.05, 4.69) is 231 Å². The van der Waals surface area contributed by atoms with Gasteiger partial charge in [-0.2, -0.15) is 0 Å². The minimum absolute atomic E-state index is 0. The normalized spacial score (nSPS) is 40.7. The molecular formula is C100H168+8. The third-order valence-electron chi connectivity index (χ3n) is 36.4. The molecule has 0 N–H and O–H groups in total. The Balaban J connectivity index is 0.000000158. The molecule has 100 heavy (non-hydrogen) atoms. The molecule has 0 nitrogen and oxygen atoms in total. The largest absolute Gasteiger partial charge is 1.00 e. The fourth-order valence-electron chi connectivity index (χ4n) is 25.5. The monoisotopic (exact) mass is 1370 g/mol. The van der Waals surface area contributed by atoms with Crippen LogP contribution in [-0.2, 0) is 0 Å². The van der Waals surface area contributed by atoms with E-state index in [0.717, 1.165) is 107 Å². The van der Waals surface area contributed by atoms with Gasteiger partial charge in [0.25, 0.3) is 0 Å². The molecule has 0 aromatic rings. The highest BCUT2D eigenvalue weighted by Crippen LogP contribution is 2.68. The van der Waals surface area contributed by atoms with Gasteiger partial charge in [-0.05, 0) is 278 Å². The van der Waals surface area contributed by atoms with Gasteiger partial charge in [0.1, 0.15) is 35.0 Å². The van der Waals surface area contributed by atoms with E-state index in [0.29, 0.717) is 48.7 Å². The van der Waals surface area contributed by atoms with Crippen molar-refractivity contribution in [3.05, 3.63) is 108 Å². The lowest BCUT2D eigenvalue weighted by molar-refractivity contribution is -0.0466. The standard InChI is InChI=1S/2C10H17.C10H16.3C10H17.2C10H16.C10H17.C10H16/c1-9(2)8-4-6-10(9,3)7-5-8;2*1-7-8-4-5-9(6-8)10(7,2)3;5*1-7-4-5-8-6-9(7)10(8,2)3;2*1-8(2)10-6-4-9(3)5-7-10/h4,8H,5-7H2,1-3H3;8-9H,4-6H2,1-3H3;8-9H,1,4-6H2,2-3H3;3*8-9H,4-6H2,1-3H3;4,8-9H,5-6H2,1-3H3;8-9H,1,4-6H2,2-3H3;4,9-10H,1,5-7H2,2-3H3;4,10H,1,5-7H2,2-3H3/q2*+1;;3*+1;;;+1;/p+2. The van der Waals surface area contributed by atoms with E-state index in [1.54, 1.807) is 34.8 Å². The van der Waals surface area contributed by atoms with Crippen LogP contribution in [0, 0.1) is 192 Å². The predicted octanol–water partition coefficient (Wildman–Crippen LogP) is 30.9. The molecule has 0 amide bonds. The topological polar surface area (TPSA) is 0 Å². The Hall–Kier alpha value is -2.34. The molecular weight excluding hydrogens is 1200 g/mol. The second-order valence-corrected chi connectivity index (χ2v) is 43.9. The van der Waals surface area contributed by atoms with Gasteiger partial charge in [0.2, 0.25) is 0 Å². The molecule has 0 heteroatoms. The van der Waals surface area contributed by atoms with Crippen LogP contribution in [-0.4, -0.2) is 0 Å². The predicted molar refractivity (Wildman–Crippen MR) is 443 cm³/mol. The Bertz CT molecular complexity index is 2730. The van der Waals surface area contributed by atoms with Crippen LogP contribution in [0.4, 0.5) is 0 Å². The molecule has 20 saturated carbocycles. The summed E-state index contributed by atoms with van der Waals surface area (Å²) < 4.78 is 0. The van der Waals surface area contributed by atoms with E-state index in [-0.39, 0.29) is 2.85 Å². The molecule has 0 heterocycles. The van der Waals surface area contributed by atoms with Crippen LogP contribution >= 0.6 is 0 Å². The Morgan fingerprint density at radius 1 is 0.480 bits per heavy atom. The first-order valence-corrected chi connectivity index (χ1v) is 43.3. The van der Waals surface area contributed by atoms with Gasteiger partial charge in [-0.25, -0.2) is 0 Å². The zero-order valence-corrected chi connectivity index (χ0v) is 71.5. The van der Waals surface area contributed by atoms with Crippen molar-refractivity contribution in [2.75, 3.05) is 0 Å². The minimum atomic E-state index is 0. The number of allylic oxidation sites excluding steroid dienone is 8. The summed E-state index contributed by atoms with van der Waals surface area (Å²) >= 11 is 0. The summed E-state index contributed by atoms with van der Waals surface area (Å²) in [5, 5.41) is 0. The van der Waals surface area contributed by atoms with Crippen molar-refractivity contribution in [2.45, 2.75) is 366 Å². The van der Waals surface area contributed by atoms with Crippen LogP contribution < -0.4 is 0 Å². The first kappa shape index (κ1) is 81.7. The highest BCUT2D eigenvalue weighted by atomic mass is 14.6. The van der Waals surface area contributed by atoms with Gasteiger partial charge < -0.3 is 0 Å². The van der Waals surface area contributed by atoms with Crippen molar-refractivity contribution in [1.82, 2.24) is 0 Å². The molecule has 20 fully saturated rings. The zero-order chi connectivity index (χ0) is 74.0. The average Bonchev–Trinajstić information content (AvgIpc) is 1.16. The number of hydrogen-bond donors (Lipinski definition) is 0. The highest BCUT2D eigenvalue weighted by molar-refractivity contribution is 5.25. The summed E-state index contributed by atoms with van der Waals surface area (Å²) in [6.07, 6.45) is 50.7. The van der Waals surface area contributed by atoms with Gasteiger partial charge in [0.05, 0.1) is 102 Å². The molecule has 0 aliphatic heterocycles. The molecule has 0 aromatic heterocycles. The van der Waals surface area contributed by atoms with E-state index in [4.69, 9.17) is 0 Å². The zero-order valence-electron chi connectivity index (χ0n) is 73.5. The summed E-state index contributed by atoms with van der Waals surface area (Å²) in [5.74, 6) is 24.2. The van der Waals surface area contributed by atoms with E-state index < -0.39 is 0 Å². The second-order valence-electron chi connectivity index (χ2n) is 43.9. The molecule has 16 bridgehead atoms. The fraction of sp³-hybridized carbons (Fsp3) is 0.820. The van der Waals surface area contributed by atoms with E-state index in [1.165, 1.54) is 208 Å². The van der Waals surface area contributed by atoms with Crippen LogP contribution in [0.2, 0.25) is 0 Å². The summed E-state index contributed by atoms with van der Waals surface area (Å²) in [5.41, 5.74) is 14.5. The first-order valence-electron chi connectivity index (χ1n) is 43.3. The molecule has 0 radical (unpaired) electrons. The SMILES string of the molecule is C=C(C)C1CC=C(C)CC1.C=C(C)C1C[CH+]C(C)CC1.C=C1C2CCC(C2)C1(C)C.C=C1CCC2CC1C2(C)C.CC12C[CH+]C(CC1)C2(C)C.CC1=CCC2CC1C2(C)C.C[C+]1C2CCC(C2)C1(C)C.C[C+]1CCC2CC1C2(C)C.C[C+]1CCC2CC1C2(C)C.C[C+]1CCC2CC1C2(C)C.[H+].[H+]. The second kappa shape index (κ2) is 31.1. The van der Waals surface area contributed by atoms with Crippen molar-refractivity contribution in [1.29, 1.82) is 0 Å². The average molecular weight is 1370 g/mol. The van der Waals surface area contributed by atoms with Crippen LogP contribution in [0.5, 0.6) is 0 Å². The Morgan fingerprint density at radius 3 is 1.23 bits per heavy atom. The van der Waals surface area contributed by atoms with E-state index in [9.17, 15) is 0 Å². The van der Waals surface area contributed by atoms with Gasteiger partial charge in [-0.3, -0.25) is 0 Å². The van der Waals surface area contributed by atoms with Gasteiger partial charge in [0.15, 0.2) is 0 Å². The quantitative estimate of drug-likeness (QED) is 0.191. The third-order valence-corrected chi connectivity index (χ3v) is 36.4. The molecule has 560 valence electrons. The molecule has 0 aromatic carbocycles. The van der Waals surface area contributed by atoms with Crippen molar-refractivity contribution in [3.63, 3.8) is 0 Å². The summed E-state index contributed by atoms with van der Waals surface area (Å²) in [4.78, 5) is 0. The summed E-state index contributed by atoms with van der Waals surface area (Å²) in [6.45, 7) is 78.0. The molecule has 19 atom stereocenters. The van der Waals surface area contributed by atoms with Crippen LogP contribution in [0.25, 0.3) is 0 Å². The number of hydrogen-bond acceptors (Lipinski definition) is 0. The van der Waals surface area contributed by atoms with Gasteiger partial charge in [0, 0.05) is 38.9 Å². The fourth-order valence-corrected chi connectivity index (χ4v) is 25.5. The van der Waals surface area contributed by atoms with Gasteiger partial charge in [-0.1, -0.05) is 176 Å². The third kappa shape index (κ3) is 16.5. The van der Waals surface area contributed by atoms with Crippen molar-refractivity contribution >= 4 is 0 Å². The lowest BCUT2D eigenvalue weighted by Crippen LogP contribution is -2.50. The Kier molecular flexibility index (Phi) is 25.4. The maximum absolute atomic E-state index is 4.19. The summed E-state index contributed by atoms with van der Waals surface area (Å²) in [7, 11) is 0. The molecule has 23 rings (SSSR count). The molecule has 19 unspecified atom stereocenters. The molecule has 23 aliphatic rings. The Labute approximate surface area is 629 Å². The summed E-state index contributed by atoms with van der Waals surface area (Å²) in [6, 6.07) is 0. The molecule has 0 saturated heterocycles. The van der Waals surface area contributed by atoms with Crippen LogP contribution in [0.1, 0.15) is 369 Å². The van der Waals surface area contributed by atoms with Crippen molar-refractivity contribution in [3.8, 4) is 0 Å². The van der Waals surface area contributed by atoms with Gasteiger partial charge in [-0.15, -0.1) is 0 Å². The lowest BCUT2D eigenvalue weighted by atomic mass is 9.46. The number of fused-ring (bicyclic) bond motifs is 15.